The highest BCUT2D eigenvalue weighted by atomic mass is 15.0. The van der Waals surface area contributed by atoms with E-state index in [9.17, 15) is 0 Å². The molecule has 2 N–H and O–H groups in total. The Hall–Kier alpha value is -1.88. The van der Waals surface area contributed by atoms with Gasteiger partial charge in [-0.3, -0.25) is 0 Å². The van der Waals surface area contributed by atoms with Crippen LogP contribution in [-0.4, -0.2) is 11.5 Å². The second-order valence-electron chi connectivity index (χ2n) is 2.83. The van der Waals surface area contributed by atoms with Crippen LogP contribution in [-0.2, 0) is 0 Å². The number of hydrogen-bond acceptors (Lipinski definition) is 1. The van der Waals surface area contributed by atoms with E-state index in [2.05, 4.69) is 22.3 Å². The van der Waals surface area contributed by atoms with Crippen LogP contribution >= 0.6 is 0 Å². The third-order valence-electron chi connectivity index (χ3n) is 1.91. The maximum Gasteiger partial charge on any atom is 0.105 e. The number of para-hydroxylation sites is 1. The maximum atomic E-state index is 5.14. The van der Waals surface area contributed by atoms with E-state index in [1.807, 2.05) is 24.3 Å². The highest BCUT2D eigenvalue weighted by Crippen LogP contribution is 2.17. The molecule has 0 saturated heterocycles. The lowest BCUT2D eigenvalue weighted by molar-refractivity contribution is 1.31. The van der Waals surface area contributed by atoms with E-state index in [0.717, 1.165) is 11.3 Å². The third kappa shape index (κ3) is 1.50. The summed E-state index contributed by atoms with van der Waals surface area (Å²) in [7, 11) is 0. The van der Waals surface area contributed by atoms with Crippen LogP contribution in [0.5, 0.6) is 0 Å². The van der Waals surface area contributed by atoms with Crippen molar-refractivity contribution < 1.29 is 0 Å². The van der Waals surface area contributed by atoms with Gasteiger partial charge in [-0.05, 0) is 12.1 Å². The molecule has 13 heavy (non-hydrogen) atoms. The summed E-state index contributed by atoms with van der Waals surface area (Å²) in [6.07, 6.45) is 5.14. The molecule has 0 aliphatic carbocycles. The Morgan fingerprint density at radius 1 is 1.38 bits per heavy atom. The number of fused-ring (bicyclic) bond motifs is 1. The van der Waals surface area contributed by atoms with Gasteiger partial charge in [-0.1, -0.05) is 24.1 Å². The zero-order valence-electron chi connectivity index (χ0n) is 7.17. The van der Waals surface area contributed by atoms with E-state index < -0.39 is 0 Å². The van der Waals surface area contributed by atoms with Crippen LogP contribution in [0.3, 0.4) is 0 Å². The van der Waals surface area contributed by atoms with Crippen LogP contribution in [0.4, 0.5) is 5.82 Å². The van der Waals surface area contributed by atoms with Gasteiger partial charge in [0.25, 0.3) is 0 Å². The topological polar surface area (TPSA) is 27.8 Å². The van der Waals surface area contributed by atoms with Gasteiger partial charge in [0.05, 0.1) is 6.54 Å². The lowest BCUT2D eigenvalue weighted by Gasteiger charge is -1.94. The fourth-order valence-electron chi connectivity index (χ4n) is 1.31. The third-order valence-corrected chi connectivity index (χ3v) is 1.91. The SMILES string of the molecule is C#CCNc1cc2ccccc2[nH]1. The van der Waals surface area contributed by atoms with Crippen molar-refractivity contribution in [1.29, 1.82) is 0 Å². The first-order valence-corrected chi connectivity index (χ1v) is 4.15. The molecule has 2 rings (SSSR count). The summed E-state index contributed by atoms with van der Waals surface area (Å²) in [5.41, 5.74) is 1.13. The molecule has 64 valence electrons. The van der Waals surface area contributed by atoms with E-state index in [0.29, 0.717) is 6.54 Å². The van der Waals surface area contributed by atoms with Gasteiger partial charge in [-0.25, -0.2) is 0 Å². The standard InChI is InChI=1S/C11H10N2/c1-2-7-12-11-8-9-5-3-4-6-10(9)13-11/h1,3-6,8,12-13H,7H2. The van der Waals surface area contributed by atoms with Gasteiger partial charge in [0.15, 0.2) is 0 Å². The molecule has 0 fully saturated rings. The molecule has 0 bridgehead atoms. The largest absolute Gasteiger partial charge is 0.361 e. The van der Waals surface area contributed by atoms with E-state index in [-0.39, 0.29) is 0 Å². The minimum absolute atomic E-state index is 0.548. The van der Waals surface area contributed by atoms with E-state index in [1.54, 1.807) is 0 Å². The van der Waals surface area contributed by atoms with Crippen molar-refractivity contribution in [2.24, 2.45) is 0 Å². The summed E-state index contributed by atoms with van der Waals surface area (Å²) in [5.74, 6) is 3.50. The van der Waals surface area contributed by atoms with Crippen molar-refractivity contribution in [3.63, 3.8) is 0 Å². The number of H-pyrrole nitrogens is 1. The molecule has 2 heteroatoms. The highest BCUT2D eigenvalue weighted by Gasteiger charge is 1.96. The van der Waals surface area contributed by atoms with Crippen molar-refractivity contribution in [2.75, 3.05) is 11.9 Å². The molecule has 0 aliphatic heterocycles. The molecule has 1 aromatic heterocycles. The lowest BCUT2D eigenvalue weighted by Crippen LogP contribution is -1.97. The Morgan fingerprint density at radius 3 is 3.00 bits per heavy atom. The van der Waals surface area contributed by atoms with Gasteiger partial charge in [0.2, 0.25) is 0 Å². The van der Waals surface area contributed by atoms with E-state index in [4.69, 9.17) is 6.42 Å². The number of rotatable bonds is 2. The first-order chi connectivity index (χ1) is 6.40. The van der Waals surface area contributed by atoms with Crippen molar-refractivity contribution >= 4 is 16.7 Å². The monoisotopic (exact) mass is 170 g/mol. The number of terminal acetylenes is 1. The van der Waals surface area contributed by atoms with Gasteiger partial charge in [-0.2, -0.15) is 0 Å². The van der Waals surface area contributed by atoms with Gasteiger partial charge in [-0.15, -0.1) is 6.42 Å². The molecule has 2 nitrogen and oxygen atoms in total. The zero-order valence-corrected chi connectivity index (χ0v) is 7.17. The summed E-state index contributed by atoms with van der Waals surface area (Å²) in [6.45, 7) is 0.548. The molecule has 1 aromatic carbocycles. The molecule has 0 unspecified atom stereocenters. The van der Waals surface area contributed by atoms with Crippen molar-refractivity contribution in [3.05, 3.63) is 30.3 Å². The molecule has 0 atom stereocenters. The molecule has 0 amide bonds. The Bertz CT molecular complexity index is 415. The van der Waals surface area contributed by atoms with Crippen LogP contribution < -0.4 is 5.32 Å². The predicted molar refractivity (Wildman–Crippen MR) is 55.6 cm³/mol. The summed E-state index contributed by atoms with van der Waals surface area (Å²) in [6, 6.07) is 10.2. The van der Waals surface area contributed by atoms with Crippen molar-refractivity contribution in [2.45, 2.75) is 0 Å². The maximum absolute atomic E-state index is 5.14. The normalized spacial score (nSPS) is 9.77. The second-order valence-corrected chi connectivity index (χ2v) is 2.83. The van der Waals surface area contributed by atoms with Crippen LogP contribution in [0.25, 0.3) is 10.9 Å². The minimum atomic E-state index is 0.548. The van der Waals surface area contributed by atoms with Crippen LogP contribution in [0.1, 0.15) is 0 Å². The quantitative estimate of drug-likeness (QED) is 0.664. The van der Waals surface area contributed by atoms with Gasteiger partial charge in [0, 0.05) is 10.9 Å². The number of nitrogens with one attached hydrogen (secondary N) is 2. The molecule has 0 aliphatic rings. The number of aromatic nitrogens is 1. The molecular weight excluding hydrogens is 160 g/mol. The Kier molecular flexibility index (Phi) is 1.93. The Labute approximate surface area is 77.0 Å². The molecule has 1 heterocycles. The van der Waals surface area contributed by atoms with Gasteiger partial charge in [0.1, 0.15) is 5.82 Å². The van der Waals surface area contributed by atoms with Crippen LogP contribution in [0.2, 0.25) is 0 Å². The summed E-state index contributed by atoms with van der Waals surface area (Å²) >= 11 is 0. The fraction of sp³-hybridized carbons (Fsp3) is 0.0909. The number of anilines is 1. The molecule has 0 radical (unpaired) electrons. The lowest BCUT2D eigenvalue weighted by atomic mass is 10.2. The Balaban J connectivity index is 2.34. The number of aromatic amines is 1. The van der Waals surface area contributed by atoms with Gasteiger partial charge >= 0.3 is 0 Å². The summed E-state index contributed by atoms with van der Waals surface area (Å²) in [5, 5.41) is 4.29. The highest BCUT2D eigenvalue weighted by molar-refractivity contribution is 5.83. The fourth-order valence-corrected chi connectivity index (χ4v) is 1.31. The molecule has 0 spiro atoms. The van der Waals surface area contributed by atoms with E-state index >= 15 is 0 Å². The second kappa shape index (κ2) is 3.24. The van der Waals surface area contributed by atoms with Gasteiger partial charge < -0.3 is 10.3 Å². The zero-order chi connectivity index (χ0) is 9.10. The minimum Gasteiger partial charge on any atom is -0.361 e. The van der Waals surface area contributed by atoms with Crippen molar-refractivity contribution in [3.8, 4) is 12.3 Å². The molecular formula is C11H10N2. The Morgan fingerprint density at radius 2 is 2.23 bits per heavy atom. The predicted octanol–water partition coefficient (Wildman–Crippen LogP) is 2.21. The first-order valence-electron chi connectivity index (χ1n) is 4.15. The molecule has 0 saturated carbocycles. The number of benzene rings is 1. The molecule has 2 aromatic rings. The average Bonchev–Trinajstić information content (AvgIpc) is 2.57. The van der Waals surface area contributed by atoms with E-state index in [1.165, 1.54) is 5.39 Å². The van der Waals surface area contributed by atoms with Crippen LogP contribution in [0, 0.1) is 12.3 Å². The average molecular weight is 170 g/mol. The van der Waals surface area contributed by atoms with Crippen LogP contribution in [0.15, 0.2) is 30.3 Å². The van der Waals surface area contributed by atoms with Crippen molar-refractivity contribution in [1.82, 2.24) is 4.98 Å². The first kappa shape index (κ1) is 7.75. The summed E-state index contributed by atoms with van der Waals surface area (Å²) in [4.78, 5) is 3.22. The smallest absolute Gasteiger partial charge is 0.105 e. The number of hydrogen-bond donors (Lipinski definition) is 2. The summed E-state index contributed by atoms with van der Waals surface area (Å²) < 4.78 is 0.